The third-order valence-corrected chi connectivity index (χ3v) is 5.26. The first kappa shape index (κ1) is 22.3. The number of hydrogen-bond donors (Lipinski definition) is 2. The average molecular weight is 467 g/mol. The van der Waals surface area contributed by atoms with Gasteiger partial charge in [0.15, 0.2) is 16.6 Å². The number of anilines is 1. The molecule has 0 spiro atoms. The lowest BCUT2D eigenvalue weighted by Crippen LogP contribution is -2.34. The number of fused-ring (bicyclic) bond motifs is 1. The van der Waals surface area contributed by atoms with Crippen LogP contribution in [0.2, 0.25) is 0 Å². The summed E-state index contributed by atoms with van der Waals surface area (Å²) in [5, 5.41) is 9.40. The van der Waals surface area contributed by atoms with Crippen LogP contribution in [0.15, 0.2) is 47.0 Å². The van der Waals surface area contributed by atoms with Gasteiger partial charge in [-0.2, -0.15) is 0 Å². The molecule has 0 bridgehead atoms. The number of thiocarbonyl (C=S) groups is 1. The zero-order valence-corrected chi connectivity index (χ0v) is 19.1. The van der Waals surface area contributed by atoms with Gasteiger partial charge in [-0.1, -0.05) is 17.3 Å². The van der Waals surface area contributed by atoms with Crippen molar-refractivity contribution in [3.05, 3.63) is 70.6 Å². The maximum atomic E-state index is 13.0. The Morgan fingerprint density at radius 2 is 1.91 bits per heavy atom. The van der Waals surface area contributed by atoms with Gasteiger partial charge in [-0.3, -0.25) is 14.9 Å². The van der Waals surface area contributed by atoms with Crippen molar-refractivity contribution in [2.45, 2.75) is 20.4 Å². The highest BCUT2D eigenvalue weighted by Gasteiger charge is 2.19. The molecule has 0 aliphatic carbocycles. The summed E-state index contributed by atoms with van der Waals surface area (Å²) in [5.41, 5.74) is 2.79. The van der Waals surface area contributed by atoms with Gasteiger partial charge < -0.3 is 24.2 Å². The van der Waals surface area contributed by atoms with Crippen LogP contribution in [0.25, 0.3) is 0 Å². The second kappa shape index (κ2) is 9.29. The van der Waals surface area contributed by atoms with Gasteiger partial charge in [0.05, 0.1) is 5.69 Å². The number of ether oxygens (including phenoxy) is 2. The Morgan fingerprint density at radius 1 is 1.12 bits per heavy atom. The third-order valence-electron chi connectivity index (χ3n) is 5.06. The molecule has 0 fully saturated rings. The molecule has 33 heavy (non-hydrogen) atoms. The van der Waals surface area contributed by atoms with E-state index in [4.69, 9.17) is 26.2 Å². The first-order valence-corrected chi connectivity index (χ1v) is 10.5. The van der Waals surface area contributed by atoms with Crippen LogP contribution in [0.4, 0.5) is 5.69 Å². The van der Waals surface area contributed by atoms with Crippen molar-refractivity contribution >= 4 is 34.8 Å². The maximum absolute atomic E-state index is 13.0. The number of amides is 2. The second-order valence-corrected chi connectivity index (χ2v) is 7.95. The summed E-state index contributed by atoms with van der Waals surface area (Å²) in [6, 6.07) is 12.5. The highest BCUT2D eigenvalue weighted by molar-refractivity contribution is 7.80. The van der Waals surface area contributed by atoms with E-state index in [0.29, 0.717) is 46.3 Å². The Morgan fingerprint density at radius 3 is 2.67 bits per heavy atom. The molecule has 2 heterocycles. The number of nitrogens with one attached hydrogen (secondary N) is 2. The van der Waals surface area contributed by atoms with E-state index in [2.05, 4.69) is 15.8 Å². The summed E-state index contributed by atoms with van der Waals surface area (Å²) in [6.07, 6.45) is 0. The van der Waals surface area contributed by atoms with Gasteiger partial charge in [-0.25, -0.2) is 0 Å². The molecular formula is C23H22N4O5S. The fraction of sp³-hybridized carbons (Fsp3) is 0.217. The first-order chi connectivity index (χ1) is 15.8. The number of rotatable bonds is 5. The van der Waals surface area contributed by atoms with Gasteiger partial charge in [-0.15, -0.1) is 0 Å². The molecule has 2 N–H and O–H groups in total. The average Bonchev–Trinajstić information content (AvgIpc) is 3.38. The van der Waals surface area contributed by atoms with Crippen LogP contribution in [0, 0.1) is 13.8 Å². The van der Waals surface area contributed by atoms with Crippen molar-refractivity contribution in [2.24, 2.45) is 0 Å². The number of nitrogens with zero attached hydrogens (tertiary/aromatic N) is 2. The fourth-order valence-electron chi connectivity index (χ4n) is 3.47. The first-order valence-electron chi connectivity index (χ1n) is 10.1. The number of aryl methyl sites for hydroxylation is 2. The third kappa shape index (κ3) is 4.96. The number of hydrogen-bond acceptors (Lipinski definition) is 7. The topological polar surface area (TPSA) is 106 Å². The van der Waals surface area contributed by atoms with E-state index in [9.17, 15) is 9.59 Å². The summed E-state index contributed by atoms with van der Waals surface area (Å²) >= 11 is 5.25. The van der Waals surface area contributed by atoms with Crippen molar-refractivity contribution in [3.63, 3.8) is 0 Å². The number of carbonyl (C=O) groups excluding carboxylic acids is 2. The smallest absolute Gasteiger partial charge is 0.262 e. The normalized spacial score (nSPS) is 11.7. The lowest BCUT2D eigenvalue weighted by atomic mass is 10.1. The standard InChI is InChI=1S/C23H22N4O5S/c1-13-20(14(2)32-26-13)21(28)25-23(33)24-17-6-4-5-16(10-17)22(29)27(3)11-15-7-8-18-19(9-15)31-12-30-18/h4-10H,11-12H2,1-3H3,(H2,24,25,28,33). The van der Waals surface area contributed by atoms with E-state index in [1.807, 2.05) is 18.2 Å². The van der Waals surface area contributed by atoms with Crippen LogP contribution >= 0.6 is 12.2 Å². The Bertz CT molecular complexity index is 1220. The maximum Gasteiger partial charge on any atom is 0.262 e. The minimum absolute atomic E-state index is 0.0957. The van der Waals surface area contributed by atoms with Crippen LogP contribution in [0.5, 0.6) is 11.5 Å². The molecule has 0 radical (unpaired) electrons. The molecular weight excluding hydrogens is 444 g/mol. The van der Waals surface area contributed by atoms with E-state index >= 15 is 0 Å². The van der Waals surface area contributed by atoms with Crippen LogP contribution in [-0.4, -0.2) is 40.8 Å². The van der Waals surface area contributed by atoms with Crippen LogP contribution < -0.4 is 20.1 Å². The highest BCUT2D eigenvalue weighted by Crippen LogP contribution is 2.32. The lowest BCUT2D eigenvalue weighted by molar-refractivity contribution is 0.0784. The van der Waals surface area contributed by atoms with Gasteiger partial charge >= 0.3 is 0 Å². The predicted octanol–water partition coefficient (Wildman–Crippen LogP) is 3.42. The molecule has 170 valence electrons. The van der Waals surface area contributed by atoms with Crippen molar-refractivity contribution < 1.29 is 23.6 Å². The number of benzene rings is 2. The molecule has 0 saturated heterocycles. The van der Waals surface area contributed by atoms with Gasteiger partial charge in [0, 0.05) is 24.8 Å². The van der Waals surface area contributed by atoms with Gasteiger partial charge in [-0.05, 0) is 62.0 Å². The monoisotopic (exact) mass is 466 g/mol. The molecule has 1 aromatic heterocycles. The molecule has 1 aliphatic heterocycles. The van der Waals surface area contributed by atoms with Crippen LogP contribution in [0.3, 0.4) is 0 Å². The Hall–Kier alpha value is -3.92. The molecule has 2 aromatic carbocycles. The fourth-order valence-corrected chi connectivity index (χ4v) is 3.68. The molecule has 3 aromatic rings. The number of carbonyl (C=O) groups is 2. The Kier molecular flexibility index (Phi) is 6.27. The van der Waals surface area contributed by atoms with Crippen molar-refractivity contribution in [3.8, 4) is 11.5 Å². The Balaban J connectivity index is 1.39. The van der Waals surface area contributed by atoms with E-state index in [1.54, 1.807) is 50.1 Å². The lowest BCUT2D eigenvalue weighted by Gasteiger charge is -2.18. The summed E-state index contributed by atoms with van der Waals surface area (Å²) in [7, 11) is 1.72. The number of aromatic nitrogens is 1. The molecule has 1 aliphatic rings. The molecule has 9 nitrogen and oxygen atoms in total. The highest BCUT2D eigenvalue weighted by atomic mass is 32.1. The van der Waals surface area contributed by atoms with E-state index in [1.165, 1.54) is 0 Å². The molecule has 2 amide bonds. The molecule has 4 rings (SSSR count). The summed E-state index contributed by atoms with van der Waals surface area (Å²) in [6.45, 7) is 3.94. The van der Waals surface area contributed by atoms with Crippen molar-refractivity contribution in [1.82, 2.24) is 15.4 Å². The largest absolute Gasteiger partial charge is 0.454 e. The molecule has 10 heteroatoms. The van der Waals surface area contributed by atoms with Crippen molar-refractivity contribution in [1.29, 1.82) is 0 Å². The summed E-state index contributed by atoms with van der Waals surface area (Å²) in [4.78, 5) is 27.0. The molecule has 0 unspecified atom stereocenters. The molecule has 0 atom stereocenters. The summed E-state index contributed by atoms with van der Waals surface area (Å²) in [5.74, 6) is 1.20. The van der Waals surface area contributed by atoms with E-state index in [0.717, 1.165) is 5.56 Å². The zero-order valence-electron chi connectivity index (χ0n) is 18.3. The zero-order chi connectivity index (χ0) is 23.5. The van der Waals surface area contributed by atoms with Gasteiger partial charge in [0.1, 0.15) is 11.3 Å². The van der Waals surface area contributed by atoms with E-state index < -0.39 is 5.91 Å². The van der Waals surface area contributed by atoms with E-state index in [-0.39, 0.29) is 17.8 Å². The molecule has 0 saturated carbocycles. The van der Waals surface area contributed by atoms with Crippen LogP contribution in [0.1, 0.15) is 37.7 Å². The Labute approximate surface area is 195 Å². The summed E-state index contributed by atoms with van der Waals surface area (Å²) < 4.78 is 15.7. The van der Waals surface area contributed by atoms with Gasteiger partial charge in [0.2, 0.25) is 6.79 Å². The quantitative estimate of drug-likeness (QED) is 0.551. The van der Waals surface area contributed by atoms with Crippen LogP contribution in [-0.2, 0) is 6.54 Å². The van der Waals surface area contributed by atoms with Crippen molar-refractivity contribution in [2.75, 3.05) is 19.2 Å². The minimum atomic E-state index is -0.417. The predicted molar refractivity (Wildman–Crippen MR) is 124 cm³/mol. The second-order valence-electron chi connectivity index (χ2n) is 7.54. The SMILES string of the molecule is Cc1noc(C)c1C(=O)NC(=S)Nc1cccc(C(=O)N(C)Cc2ccc3c(c2)OCO3)c1. The van der Waals surface area contributed by atoms with Gasteiger partial charge in [0.25, 0.3) is 11.8 Å². The minimum Gasteiger partial charge on any atom is -0.454 e.